The first-order chi connectivity index (χ1) is 20.1. The predicted octanol–water partition coefficient (Wildman–Crippen LogP) is 8.55. The summed E-state index contributed by atoms with van der Waals surface area (Å²) in [5, 5.41) is 22.3. The summed E-state index contributed by atoms with van der Waals surface area (Å²) in [6.45, 7) is 7.45. The largest absolute Gasteiger partial charge is 0.480 e. The maximum absolute atomic E-state index is 11.4. The SMILES string of the molecule is CCCCCCCCCCCCCC(=O)N[C@@H](C)C(=O)O.CCCCCCCCCCCCCC(=O)N[C@@H](C)C(=O)O.[Zn]. The Morgan fingerprint density at radius 2 is 0.651 bits per heavy atom. The minimum Gasteiger partial charge on any atom is -0.480 e. The van der Waals surface area contributed by atoms with Crippen molar-refractivity contribution in [1.29, 1.82) is 0 Å². The minimum atomic E-state index is -0.984. The molecule has 0 saturated heterocycles. The van der Waals surface area contributed by atoms with Gasteiger partial charge in [0, 0.05) is 32.3 Å². The standard InChI is InChI=1S/2C17H33NO3.Zn/c2*1-3-4-5-6-7-8-9-10-11-12-13-14-16(19)18-15(2)17(20)21;/h2*15H,3-14H2,1-2H3,(H,18,19)(H,20,21);/t2*15-;/m00./s1. The van der Waals surface area contributed by atoms with Gasteiger partial charge in [-0.15, -0.1) is 0 Å². The molecule has 0 spiro atoms. The van der Waals surface area contributed by atoms with Crippen molar-refractivity contribution >= 4 is 23.8 Å². The van der Waals surface area contributed by atoms with Gasteiger partial charge in [-0.2, -0.15) is 0 Å². The number of carbonyl (C=O) groups excluding carboxylic acids is 2. The maximum Gasteiger partial charge on any atom is 0.325 e. The van der Waals surface area contributed by atoms with Crippen LogP contribution in [0.15, 0.2) is 0 Å². The van der Waals surface area contributed by atoms with E-state index in [1.165, 1.54) is 129 Å². The van der Waals surface area contributed by atoms with E-state index in [1.807, 2.05) is 0 Å². The number of carboxylic acid groups (broad SMARTS) is 2. The van der Waals surface area contributed by atoms with Crippen molar-refractivity contribution in [3.63, 3.8) is 0 Å². The fraction of sp³-hybridized carbons (Fsp3) is 0.882. The summed E-state index contributed by atoms with van der Waals surface area (Å²) in [5.74, 6) is -2.27. The van der Waals surface area contributed by atoms with Gasteiger partial charge >= 0.3 is 11.9 Å². The number of unbranched alkanes of at least 4 members (excludes halogenated alkanes) is 20. The van der Waals surface area contributed by atoms with Gasteiger partial charge in [-0.1, -0.05) is 142 Å². The Hall–Kier alpha value is -1.50. The summed E-state index contributed by atoms with van der Waals surface area (Å²) in [4.78, 5) is 44.0. The van der Waals surface area contributed by atoms with Crippen LogP contribution in [0.1, 0.15) is 182 Å². The van der Waals surface area contributed by atoms with Gasteiger partial charge in [0.1, 0.15) is 12.1 Å². The first kappa shape index (κ1) is 45.9. The molecule has 0 unspecified atom stereocenters. The molecule has 2 atom stereocenters. The molecule has 9 heteroatoms. The van der Waals surface area contributed by atoms with Crippen molar-refractivity contribution in [1.82, 2.24) is 10.6 Å². The van der Waals surface area contributed by atoms with Crippen LogP contribution in [0, 0.1) is 0 Å². The summed E-state index contributed by atoms with van der Waals surface area (Å²) < 4.78 is 0. The molecule has 0 heterocycles. The number of carbonyl (C=O) groups is 4. The van der Waals surface area contributed by atoms with E-state index in [2.05, 4.69) is 24.5 Å². The Morgan fingerprint density at radius 1 is 0.442 bits per heavy atom. The quantitative estimate of drug-likeness (QED) is 0.0490. The van der Waals surface area contributed by atoms with E-state index in [9.17, 15) is 19.2 Å². The first-order valence-electron chi connectivity index (χ1n) is 17.2. The zero-order valence-electron chi connectivity index (χ0n) is 28.4. The van der Waals surface area contributed by atoms with Gasteiger partial charge in [0.2, 0.25) is 11.8 Å². The van der Waals surface area contributed by atoms with Crippen LogP contribution in [0.2, 0.25) is 0 Å². The molecule has 43 heavy (non-hydrogen) atoms. The Morgan fingerprint density at radius 3 is 0.860 bits per heavy atom. The molecule has 0 aliphatic carbocycles. The zero-order valence-corrected chi connectivity index (χ0v) is 31.3. The predicted molar refractivity (Wildman–Crippen MR) is 173 cm³/mol. The van der Waals surface area contributed by atoms with Crippen LogP contribution in [-0.2, 0) is 38.7 Å². The van der Waals surface area contributed by atoms with Crippen LogP contribution in [0.5, 0.6) is 0 Å². The minimum absolute atomic E-state index is 0. The Balaban J connectivity index is -0.000000727. The monoisotopic (exact) mass is 662 g/mol. The summed E-state index contributed by atoms with van der Waals surface area (Å²) in [7, 11) is 0. The summed E-state index contributed by atoms with van der Waals surface area (Å²) in [5.41, 5.74) is 0. The van der Waals surface area contributed by atoms with E-state index >= 15 is 0 Å². The van der Waals surface area contributed by atoms with Gasteiger partial charge in [-0.05, 0) is 26.7 Å². The average molecular weight is 664 g/mol. The van der Waals surface area contributed by atoms with Crippen molar-refractivity contribution in [2.24, 2.45) is 0 Å². The maximum atomic E-state index is 11.4. The van der Waals surface area contributed by atoms with Crippen LogP contribution >= 0.6 is 0 Å². The molecule has 2 amide bonds. The molecule has 0 aliphatic heterocycles. The summed E-state index contributed by atoms with van der Waals surface area (Å²) in [6.07, 6.45) is 28.4. The van der Waals surface area contributed by atoms with E-state index in [4.69, 9.17) is 10.2 Å². The molecule has 4 N–H and O–H groups in total. The molecular formula is C34H66N2O6Zn. The fourth-order valence-electron chi connectivity index (χ4n) is 4.65. The van der Waals surface area contributed by atoms with E-state index < -0.39 is 24.0 Å². The van der Waals surface area contributed by atoms with Crippen LogP contribution in [0.3, 0.4) is 0 Å². The van der Waals surface area contributed by atoms with Crippen molar-refractivity contribution in [2.75, 3.05) is 0 Å². The van der Waals surface area contributed by atoms with Crippen LogP contribution < -0.4 is 10.6 Å². The Labute approximate surface area is 276 Å². The van der Waals surface area contributed by atoms with Gasteiger partial charge in [0.15, 0.2) is 0 Å². The Bertz CT molecular complexity index is 621. The third-order valence-corrected chi connectivity index (χ3v) is 7.51. The van der Waals surface area contributed by atoms with Gasteiger partial charge < -0.3 is 20.8 Å². The molecule has 0 aromatic heterocycles. The second kappa shape index (κ2) is 35.0. The van der Waals surface area contributed by atoms with Crippen LogP contribution in [0.25, 0.3) is 0 Å². The third-order valence-electron chi connectivity index (χ3n) is 7.51. The smallest absolute Gasteiger partial charge is 0.325 e. The number of rotatable bonds is 28. The van der Waals surface area contributed by atoms with Gasteiger partial charge in [-0.25, -0.2) is 0 Å². The zero-order chi connectivity index (χ0) is 31.8. The van der Waals surface area contributed by atoms with E-state index in [0.717, 1.165) is 25.7 Å². The number of hydrogen-bond donors (Lipinski definition) is 4. The van der Waals surface area contributed by atoms with Crippen molar-refractivity contribution in [3.8, 4) is 0 Å². The summed E-state index contributed by atoms with van der Waals surface area (Å²) >= 11 is 0. The fourth-order valence-corrected chi connectivity index (χ4v) is 4.65. The molecule has 0 rings (SSSR count). The van der Waals surface area contributed by atoms with Crippen molar-refractivity contribution in [3.05, 3.63) is 0 Å². The van der Waals surface area contributed by atoms with E-state index in [1.54, 1.807) is 0 Å². The van der Waals surface area contributed by atoms with Gasteiger partial charge in [0.25, 0.3) is 0 Å². The third kappa shape index (κ3) is 36.6. The van der Waals surface area contributed by atoms with Crippen molar-refractivity contribution in [2.45, 2.75) is 194 Å². The normalized spacial score (nSPS) is 11.8. The molecule has 0 aromatic carbocycles. The van der Waals surface area contributed by atoms with Gasteiger partial charge in [-0.3, -0.25) is 19.2 Å². The number of nitrogens with one attached hydrogen (secondary N) is 2. The molecule has 0 aliphatic rings. The molecule has 8 nitrogen and oxygen atoms in total. The number of amides is 2. The molecule has 0 radical (unpaired) electrons. The number of carboxylic acids is 2. The summed E-state index contributed by atoms with van der Waals surface area (Å²) in [6, 6.07) is -1.57. The first-order valence-corrected chi connectivity index (χ1v) is 17.2. The van der Waals surface area contributed by atoms with E-state index in [0.29, 0.717) is 12.8 Å². The molecule has 0 fully saturated rings. The molecule has 0 saturated carbocycles. The average Bonchev–Trinajstić information content (AvgIpc) is 2.94. The number of aliphatic carboxylic acids is 2. The van der Waals surface area contributed by atoms with Crippen molar-refractivity contribution < 1.29 is 48.9 Å². The molecule has 250 valence electrons. The second-order valence-electron chi connectivity index (χ2n) is 11.8. The van der Waals surface area contributed by atoms with E-state index in [-0.39, 0.29) is 31.3 Å². The molecule has 0 aromatic rings. The van der Waals surface area contributed by atoms with Gasteiger partial charge in [0.05, 0.1) is 0 Å². The Kier molecular flexibility index (Phi) is 37.4. The van der Waals surface area contributed by atoms with Crippen LogP contribution in [0.4, 0.5) is 0 Å². The topological polar surface area (TPSA) is 133 Å². The van der Waals surface area contributed by atoms with Crippen LogP contribution in [-0.4, -0.2) is 46.0 Å². The molecular weight excluding hydrogens is 598 g/mol. The second-order valence-corrected chi connectivity index (χ2v) is 11.8. The molecule has 0 bridgehead atoms. The number of hydrogen-bond acceptors (Lipinski definition) is 4.